The molecule has 22 heavy (non-hydrogen) atoms. The molecular weight excluding hydrogens is 351 g/mol. The predicted octanol–water partition coefficient (Wildman–Crippen LogP) is 5.95. The summed E-state index contributed by atoms with van der Waals surface area (Å²) in [5.41, 5.74) is -6.56. The van der Waals surface area contributed by atoms with Crippen LogP contribution >= 0.6 is 11.6 Å². The molecular formula is C12H8ClF9. The fraction of sp³-hybridized carbons (Fsp3) is 0.500. The van der Waals surface area contributed by atoms with Crippen molar-refractivity contribution in [2.24, 2.45) is 5.41 Å². The van der Waals surface area contributed by atoms with E-state index in [1.165, 1.54) is 6.92 Å². The fourth-order valence-corrected chi connectivity index (χ4v) is 2.42. The minimum absolute atomic E-state index is 0.434. The second-order valence-corrected chi connectivity index (χ2v) is 5.01. The van der Waals surface area contributed by atoms with E-state index in [0.717, 1.165) is 12.1 Å². The summed E-state index contributed by atoms with van der Waals surface area (Å²) in [7, 11) is 0. The van der Waals surface area contributed by atoms with Gasteiger partial charge in [-0.25, -0.2) is 0 Å². The molecule has 0 N–H and O–H groups in total. The van der Waals surface area contributed by atoms with Crippen LogP contribution in [0.25, 0.3) is 0 Å². The van der Waals surface area contributed by atoms with Gasteiger partial charge in [0, 0.05) is 0 Å². The fourth-order valence-electron chi connectivity index (χ4n) is 1.90. The largest absolute Gasteiger partial charge is 0.413 e. The number of aryl methyl sites for hydroxylation is 1. The molecule has 1 aromatic rings. The monoisotopic (exact) mass is 358 g/mol. The summed E-state index contributed by atoms with van der Waals surface area (Å²) in [5, 5.41) is -3.41. The van der Waals surface area contributed by atoms with Crippen molar-refractivity contribution in [3.8, 4) is 0 Å². The summed E-state index contributed by atoms with van der Waals surface area (Å²) in [5.74, 6) is 0. The quantitative estimate of drug-likeness (QED) is 0.453. The molecule has 0 nitrogen and oxygen atoms in total. The number of rotatable bonds is 2. The smallest absolute Gasteiger partial charge is 0.170 e. The van der Waals surface area contributed by atoms with Crippen molar-refractivity contribution in [3.05, 3.63) is 35.4 Å². The molecule has 0 radical (unpaired) electrons. The van der Waals surface area contributed by atoms with Crippen molar-refractivity contribution in [1.29, 1.82) is 0 Å². The van der Waals surface area contributed by atoms with E-state index in [9.17, 15) is 39.5 Å². The van der Waals surface area contributed by atoms with E-state index in [0.29, 0.717) is 17.7 Å². The standard InChI is InChI=1S/C12H8ClF9/c1-6-2-4-7(5-3-6)8(13)9(10(14,15)16,11(17,18)19)12(20,21)22/h2-5,8H,1H3. The molecule has 0 spiro atoms. The second kappa shape index (κ2) is 5.50. The number of halogens is 10. The van der Waals surface area contributed by atoms with Crippen molar-refractivity contribution < 1.29 is 39.5 Å². The first kappa shape index (κ1) is 18.9. The van der Waals surface area contributed by atoms with Crippen LogP contribution in [0, 0.1) is 12.3 Å². The highest BCUT2D eigenvalue weighted by Crippen LogP contribution is 2.66. The normalized spacial score (nSPS) is 15.8. The van der Waals surface area contributed by atoms with E-state index in [-0.39, 0.29) is 0 Å². The van der Waals surface area contributed by atoms with Crippen LogP contribution in [-0.2, 0) is 0 Å². The van der Waals surface area contributed by atoms with Gasteiger partial charge in [0.1, 0.15) is 0 Å². The molecule has 0 aliphatic heterocycles. The van der Waals surface area contributed by atoms with Gasteiger partial charge in [0.05, 0.1) is 5.38 Å². The Balaban J connectivity index is 3.66. The van der Waals surface area contributed by atoms with Gasteiger partial charge < -0.3 is 0 Å². The molecule has 126 valence electrons. The molecule has 0 aliphatic carbocycles. The third-order valence-corrected chi connectivity index (χ3v) is 3.67. The number of hydrogen-bond acceptors (Lipinski definition) is 0. The number of alkyl halides is 10. The lowest BCUT2D eigenvalue weighted by atomic mass is 9.78. The molecule has 0 fully saturated rings. The average Bonchev–Trinajstić information content (AvgIpc) is 2.23. The molecule has 0 aromatic heterocycles. The Hall–Kier alpha value is -1.12. The van der Waals surface area contributed by atoms with Gasteiger partial charge in [-0.3, -0.25) is 0 Å². The Bertz CT molecular complexity index is 473. The molecule has 0 saturated carbocycles. The lowest BCUT2D eigenvalue weighted by Crippen LogP contribution is -2.61. The van der Waals surface area contributed by atoms with Gasteiger partial charge in [0.2, 0.25) is 0 Å². The van der Waals surface area contributed by atoms with E-state index < -0.39 is 34.9 Å². The molecule has 1 atom stereocenters. The number of hydrogen-bond donors (Lipinski definition) is 0. The van der Waals surface area contributed by atoms with Crippen LogP contribution in [0.15, 0.2) is 24.3 Å². The lowest BCUT2D eigenvalue weighted by molar-refractivity contribution is -0.428. The van der Waals surface area contributed by atoms with Crippen molar-refractivity contribution in [1.82, 2.24) is 0 Å². The van der Waals surface area contributed by atoms with Gasteiger partial charge in [-0.1, -0.05) is 29.8 Å². The van der Waals surface area contributed by atoms with Gasteiger partial charge in [0.25, 0.3) is 5.41 Å². The van der Waals surface area contributed by atoms with Crippen LogP contribution in [0.5, 0.6) is 0 Å². The Morgan fingerprint density at radius 1 is 0.727 bits per heavy atom. The van der Waals surface area contributed by atoms with Crippen LogP contribution in [0.4, 0.5) is 39.5 Å². The van der Waals surface area contributed by atoms with Crippen molar-refractivity contribution >= 4 is 11.6 Å². The first-order valence-electron chi connectivity index (χ1n) is 5.57. The van der Waals surface area contributed by atoms with Gasteiger partial charge in [-0.05, 0) is 12.5 Å². The van der Waals surface area contributed by atoms with E-state index in [1.54, 1.807) is 0 Å². The average molecular weight is 359 g/mol. The minimum Gasteiger partial charge on any atom is -0.170 e. The summed E-state index contributed by atoms with van der Waals surface area (Å²) in [6, 6.07) is 3.53. The van der Waals surface area contributed by atoms with Crippen LogP contribution in [0.2, 0.25) is 0 Å². The van der Waals surface area contributed by atoms with Gasteiger partial charge in [-0.15, -0.1) is 11.6 Å². The Labute approximate surface area is 123 Å². The SMILES string of the molecule is Cc1ccc(C(Cl)C(C(F)(F)F)(C(F)(F)F)C(F)(F)F)cc1. The van der Waals surface area contributed by atoms with Crippen LogP contribution < -0.4 is 0 Å². The second-order valence-electron chi connectivity index (χ2n) is 4.57. The van der Waals surface area contributed by atoms with E-state index in [4.69, 9.17) is 11.6 Å². The highest BCUT2D eigenvalue weighted by molar-refractivity contribution is 6.21. The zero-order valence-electron chi connectivity index (χ0n) is 10.7. The Morgan fingerprint density at radius 3 is 1.32 bits per heavy atom. The molecule has 0 bridgehead atoms. The zero-order valence-corrected chi connectivity index (χ0v) is 11.4. The summed E-state index contributed by atoms with van der Waals surface area (Å²) >= 11 is 5.08. The zero-order chi connectivity index (χ0) is 17.6. The maximum atomic E-state index is 12.9. The summed E-state index contributed by atoms with van der Waals surface area (Å²) in [4.78, 5) is 0. The van der Waals surface area contributed by atoms with Crippen LogP contribution in [0.3, 0.4) is 0 Å². The number of benzene rings is 1. The van der Waals surface area contributed by atoms with Crippen molar-refractivity contribution in [2.45, 2.75) is 30.8 Å². The van der Waals surface area contributed by atoms with Gasteiger partial charge in [0.15, 0.2) is 0 Å². The lowest BCUT2D eigenvalue weighted by Gasteiger charge is -2.41. The van der Waals surface area contributed by atoms with E-state index >= 15 is 0 Å². The third-order valence-electron chi connectivity index (χ3n) is 3.09. The van der Waals surface area contributed by atoms with Gasteiger partial charge in [-0.2, -0.15) is 39.5 Å². The molecule has 0 heterocycles. The van der Waals surface area contributed by atoms with Crippen molar-refractivity contribution in [3.63, 3.8) is 0 Å². The summed E-state index contributed by atoms with van der Waals surface area (Å²) in [6.07, 6.45) is -20.0. The highest BCUT2D eigenvalue weighted by atomic mass is 35.5. The van der Waals surface area contributed by atoms with Crippen LogP contribution in [0.1, 0.15) is 16.5 Å². The van der Waals surface area contributed by atoms with Crippen molar-refractivity contribution in [2.75, 3.05) is 0 Å². The topological polar surface area (TPSA) is 0 Å². The molecule has 0 saturated heterocycles. The maximum Gasteiger partial charge on any atom is 0.413 e. The summed E-state index contributed by atoms with van der Waals surface area (Å²) < 4.78 is 116. The molecule has 1 unspecified atom stereocenters. The molecule has 10 heteroatoms. The maximum absolute atomic E-state index is 12.9. The summed E-state index contributed by atoms with van der Waals surface area (Å²) in [6.45, 7) is 1.46. The Kier molecular flexibility index (Phi) is 4.74. The molecule has 0 amide bonds. The molecule has 0 aliphatic rings. The first-order chi connectivity index (χ1) is 9.66. The molecule has 1 aromatic carbocycles. The van der Waals surface area contributed by atoms with Gasteiger partial charge >= 0.3 is 18.5 Å². The first-order valence-corrected chi connectivity index (χ1v) is 6.00. The Morgan fingerprint density at radius 2 is 1.05 bits per heavy atom. The predicted molar refractivity (Wildman–Crippen MR) is 60.4 cm³/mol. The minimum atomic E-state index is -6.68. The van der Waals surface area contributed by atoms with E-state index in [1.807, 2.05) is 0 Å². The van der Waals surface area contributed by atoms with Crippen LogP contribution in [-0.4, -0.2) is 18.5 Å². The van der Waals surface area contributed by atoms with E-state index in [2.05, 4.69) is 0 Å². The molecule has 1 rings (SSSR count). The highest BCUT2D eigenvalue weighted by Gasteiger charge is 2.86. The third kappa shape index (κ3) is 2.87.